The van der Waals surface area contributed by atoms with Gasteiger partial charge < -0.3 is 33.4 Å². The molecular weight excluding hydrogens is 486 g/mol. The Kier molecular flexibility index (Phi) is 6.83. The lowest BCUT2D eigenvalue weighted by Crippen LogP contribution is -2.30. The highest BCUT2D eigenvalue weighted by molar-refractivity contribution is 5.59. The molecule has 9 heteroatoms. The van der Waals surface area contributed by atoms with Gasteiger partial charge in [-0.15, -0.1) is 0 Å². The van der Waals surface area contributed by atoms with E-state index in [9.17, 15) is 5.11 Å². The number of hydrogen-bond acceptors (Lipinski definition) is 8. The van der Waals surface area contributed by atoms with E-state index in [1.54, 1.807) is 51.5 Å². The Bertz CT molecular complexity index is 1550. The van der Waals surface area contributed by atoms with Gasteiger partial charge in [-0.25, -0.2) is 4.98 Å². The van der Waals surface area contributed by atoms with Crippen molar-refractivity contribution < 1.29 is 28.8 Å². The van der Waals surface area contributed by atoms with Crippen LogP contribution in [0.15, 0.2) is 60.9 Å². The number of phenols is 1. The van der Waals surface area contributed by atoms with Crippen molar-refractivity contribution in [3.63, 3.8) is 0 Å². The van der Waals surface area contributed by atoms with E-state index in [2.05, 4.69) is 4.98 Å². The first-order valence-electron chi connectivity index (χ1n) is 12.0. The molecule has 0 saturated carbocycles. The van der Waals surface area contributed by atoms with Crippen molar-refractivity contribution in [3.8, 4) is 40.4 Å². The second-order valence-electron chi connectivity index (χ2n) is 8.82. The Morgan fingerprint density at radius 3 is 2.26 bits per heavy atom. The molecule has 38 heavy (non-hydrogen) atoms. The number of fused-ring (bicyclic) bond motifs is 2. The van der Waals surface area contributed by atoms with Gasteiger partial charge in [0.05, 0.1) is 34.0 Å². The van der Waals surface area contributed by atoms with Crippen LogP contribution in [0.4, 0.5) is 0 Å². The second-order valence-corrected chi connectivity index (χ2v) is 8.82. The van der Waals surface area contributed by atoms with Gasteiger partial charge in [-0.1, -0.05) is 18.2 Å². The number of phenolic OH excluding ortho intramolecular Hbond substituents is 1. The maximum atomic E-state index is 10.1. The van der Waals surface area contributed by atoms with Gasteiger partial charge in [0.1, 0.15) is 23.3 Å². The monoisotopic (exact) mass is 515 g/mol. The number of nitrogens with one attached hydrogen (secondary N) is 1. The lowest BCUT2D eigenvalue weighted by atomic mass is 9.83. The Morgan fingerprint density at radius 1 is 0.868 bits per heavy atom. The molecule has 3 aromatic carbocycles. The van der Waals surface area contributed by atoms with E-state index < -0.39 is 0 Å². The Labute approximate surface area is 220 Å². The number of hydrogen-bond donors (Lipinski definition) is 2. The minimum atomic E-state index is -0.373. The Balaban J connectivity index is 1.57. The third-order valence-electron chi connectivity index (χ3n) is 6.72. The number of benzene rings is 3. The van der Waals surface area contributed by atoms with Crippen LogP contribution in [0.5, 0.6) is 40.4 Å². The first kappa shape index (κ1) is 25.0. The number of aromatic nitrogens is 2. The van der Waals surface area contributed by atoms with Gasteiger partial charge >= 0.3 is 0 Å². The largest absolute Gasteiger partial charge is 0.508 e. The van der Waals surface area contributed by atoms with Crippen LogP contribution >= 0.6 is 0 Å². The Morgan fingerprint density at radius 2 is 1.55 bits per heavy atom. The van der Waals surface area contributed by atoms with Crippen molar-refractivity contribution in [2.45, 2.75) is 18.9 Å². The van der Waals surface area contributed by atoms with Crippen LogP contribution in [0, 0.1) is 5.41 Å². The highest BCUT2D eigenvalue weighted by Gasteiger charge is 2.33. The van der Waals surface area contributed by atoms with Crippen LogP contribution in [0.3, 0.4) is 0 Å². The van der Waals surface area contributed by atoms with Crippen molar-refractivity contribution >= 4 is 0 Å². The summed E-state index contributed by atoms with van der Waals surface area (Å²) in [5.41, 5.74) is 3.66. The van der Waals surface area contributed by atoms with Crippen LogP contribution in [-0.4, -0.2) is 43.1 Å². The number of methoxy groups -OCH3 is 4. The smallest absolute Gasteiger partial charge is 0.228 e. The maximum Gasteiger partial charge on any atom is 0.228 e. The zero-order valence-corrected chi connectivity index (χ0v) is 21.6. The van der Waals surface area contributed by atoms with Gasteiger partial charge in [0.15, 0.2) is 23.0 Å². The summed E-state index contributed by atoms with van der Waals surface area (Å²) in [5, 5.41) is 19.3. The molecule has 2 N–H and O–H groups in total. The van der Waals surface area contributed by atoms with Crippen molar-refractivity contribution in [1.82, 2.24) is 9.55 Å². The summed E-state index contributed by atoms with van der Waals surface area (Å²) >= 11 is 0. The van der Waals surface area contributed by atoms with Crippen molar-refractivity contribution in [3.05, 3.63) is 88.7 Å². The van der Waals surface area contributed by atoms with E-state index in [0.717, 1.165) is 16.7 Å². The van der Waals surface area contributed by atoms with Crippen LogP contribution in [0.1, 0.15) is 28.2 Å². The summed E-state index contributed by atoms with van der Waals surface area (Å²) in [4.78, 5) is 4.57. The summed E-state index contributed by atoms with van der Waals surface area (Å²) in [6.07, 6.45) is 2.27. The molecule has 1 atom stereocenters. The Hall–Kier alpha value is -4.66. The minimum absolute atomic E-state index is 0.0882. The molecule has 0 saturated heterocycles. The van der Waals surface area contributed by atoms with Gasteiger partial charge in [-0.3, -0.25) is 5.41 Å². The average Bonchev–Trinajstić information content (AvgIpc) is 2.95. The van der Waals surface area contributed by atoms with Gasteiger partial charge in [0.2, 0.25) is 5.88 Å². The molecule has 196 valence electrons. The van der Waals surface area contributed by atoms with E-state index in [1.807, 2.05) is 42.5 Å². The van der Waals surface area contributed by atoms with Crippen LogP contribution < -0.4 is 29.2 Å². The van der Waals surface area contributed by atoms with Crippen LogP contribution in [-0.2, 0) is 13.0 Å². The van der Waals surface area contributed by atoms with Gasteiger partial charge in [0, 0.05) is 24.1 Å². The molecule has 1 aliphatic heterocycles. The normalized spacial score (nSPS) is 13.6. The van der Waals surface area contributed by atoms with Crippen molar-refractivity contribution in [2.75, 3.05) is 28.4 Å². The van der Waals surface area contributed by atoms with Crippen molar-refractivity contribution in [1.29, 1.82) is 5.41 Å². The first-order valence-corrected chi connectivity index (χ1v) is 12.0. The lowest BCUT2D eigenvalue weighted by molar-refractivity contribution is 0.354. The molecule has 0 unspecified atom stereocenters. The fraction of sp³-hybridized carbons (Fsp3) is 0.241. The number of ether oxygens (including phenoxy) is 5. The minimum Gasteiger partial charge on any atom is -0.508 e. The second kappa shape index (κ2) is 10.4. The van der Waals surface area contributed by atoms with Crippen LogP contribution in [0.2, 0.25) is 0 Å². The summed E-state index contributed by atoms with van der Waals surface area (Å²) in [5.74, 6) is 3.05. The predicted octanol–water partition coefficient (Wildman–Crippen LogP) is 4.63. The fourth-order valence-corrected chi connectivity index (χ4v) is 4.79. The van der Waals surface area contributed by atoms with Crippen molar-refractivity contribution in [2.24, 2.45) is 0 Å². The SMILES string of the molecule is COc1ccc(CCn2cnc3c(c2=N)[C@H](c2ccc(OC)c(OC)c2)c2ccc(O)cc2O3)cc1OC. The molecule has 0 radical (unpaired) electrons. The number of rotatable bonds is 8. The number of aryl methyl sites for hydroxylation is 2. The van der Waals surface area contributed by atoms with Crippen LogP contribution in [0.25, 0.3) is 0 Å². The van der Waals surface area contributed by atoms with E-state index in [0.29, 0.717) is 53.2 Å². The van der Waals surface area contributed by atoms with E-state index in [1.165, 1.54) is 0 Å². The zero-order chi connectivity index (χ0) is 26.8. The first-order chi connectivity index (χ1) is 18.5. The standard InChI is InChI=1S/C29H29N3O6/c1-34-21-9-5-17(13-24(21)36-3)11-12-32-16-31-29-27(28(32)30)26(20-8-7-19(33)15-23(20)38-29)18-6-10-22(35-2)25(14-18)37-4/h5-10,13-16,26,30,33H,11-12H2,1-4H3/t26-/m1/s1. The molecule has 0 bridgehead atoms. The maximum absolute atomic E-state index is 10.1. The molecule has 4 aromatic rings. The van der Waals surface area contributed by atoms with Gasteiger partial charge in [-0.2, -0.15) is 0 Å². The summed E-state index contributed by atoms with van der Waals surface area (Å²) in [6.45, 7) is 0.523. The number of nitrogens with zero attached hydrogens (tertiary/aromatic N) is 2. The molecule has 9 nitrogen and oxygen atoms in total. The summed E-state index contributed by atoms with van der Waals surface area (Å²) in [7, 11) is 6.39. The molecule has 2 heterocycles. The summed E-state index contributed by atoms with van der Waals surface area (Å²) < 4.78 is 29.6. The molecule has 5 rings (SSSR count). The molecule has 1 aromatic heterocycles. The highest BCUT2D eigenvalue weighted by atomic mass is 16.5. The van der Waals surface area contributed by atoms with E-state index in [4.69, 9.17) is 29.1 Å². The summed E-state index contributed by atoms with van der Waals surface area (Å²) in [6, 6.07) is 16.5. The predicted molar refractivity (Wildman–Crippen MR) is 140 cm³/mol. The third kappa shape index (κ3) is 4.47. The fourth-order valence-electron chi connectivity index (χ4n) is 4.79. The zero-order valence-electron chi connectivity index (χ0n) is 21.6. The lowest BCUT2D eigenvalue weighted by Gasteiger charge is -2.29. The number of aromatic hydroxyl groups is 1. The van der Waals surface area contributed by atoms with Gasteiger partial charge in [-0.05, 0) is 47.9 Å². The van der Waals surface area contributed by atoms with E-state index in [-0.39, 0.29) is 17.2 Å². The molecular formula is C29H29N3O6. The molecule has 0 fully saturated rings. The molecule has 0 aliphatic carbocycles. The molecule has 0 spiro atoms. The quantitative estimate of drug-likeness (QED) is 0.310. The topological polar surface area (TPSA) is 108 Å². The molecule has 1 aliphatic rings. The van der Waals surface area contributed by atoms with Gasteiger partial charge in [0.25, 0.3) is 0 Å². The highest BCUT2D eigenvalue weighted by Crippen LogP contribution is 2.47. The third-order valence-corrected chi connectivity index (χ3v) is 6.72. The molecule has 0 amide bonds. The van der Waals surface area contributed by atoms with E-state index >= 15 is 0 Å². The average molecular weight is 516 g/mol.